The number of aromatic nitrogens is 2. The molecule has 32 heavy (non-hydrogen) atoms. The Labute approximate surface area is 201 Å². The van der Waals surface area contributed by atoms with Crippen molar-refractivity contribution >= 4 is 55.4 Å². The third kappa shape index (κ3) is 4.90. The largest absolute Gasteiger partial charge is 0.300 e. The number of rotatable bonds is 7. The lowest BCUT2D eigenvalue weighted by atomic mass is 9.84. The van der Waals surface area contributed by atoms with Gasteiger partial charge in [-0.2, -0.15) is 0 Å². The summed E-state index contributed by atoms with van der Waals surface area (Å²) < 4.78 is 27.3. The second-order valence-electron chi connectivity index (χ2n) is 8.60. The van der Waals surface area contributed by atoms with Gasteiger partial charge in [-0.3, -0.25) is 14.2 Å². The highest BCUT2D eigenvalue weighted by Gasteiger charge is 2.40. The van der Waals surface area contributed by atoms with E-state index < -0.39 is 26.7 Å². The molecule has 4 rings (SSSR count). The van der Waals surface area contributed by atoms with Crippen LogP contribution in [0.2, 0.25) is 9.36 Å². The minimum atomic E-state index is -3.65. The molecule has 2 aromatic heterocycles. The number of carbonyl (C=O) groups excluding carboxylic acids is 1. The molecule has 0 radical (unpaired) electrons. The highest BCUT2D eigenvalue weighted by molar-refractivity contribution is 7.92. The van der Waals surface area contributed by atoms with Crippen molar-refractivity contribution in [2.75, 3.05) is 5.32 Å². The molecule has 11 heteroatoms. The molecule has 2 saturated carbocycles. The Morgan fingerprint density at radius 1 is 1.25 bits per heavy atom. The molecule has 2 aliphatic rings. The van der Waals surface area contributed by atoms with Gasteiger partial charge in [0.15, 0.2) is 15.0 Å². The van der Waals surface area contributed by atoms with Gasteiger partial charge < -0.3 is 5.32 Å². The van der Waals surface area contributed by atoms with E-state index >= 15 is 0 Å². The zero-order valence-electron chi connectivity index (χ0n) is 17.6. The molecule has 1 N–H and O–H groups in total. The Hall–Kier alpha value is -1.42. The summed E-state index contributed by atoms with van der Waals surface area (Å²) in [7, 11) is -3.65. The number of sulfone groups is 1. The predicted molar refractivity (Wildman–Crippen MR) is 127 cm³/mol. The number of hydrogen-bond donors (Lipinski definition) is 1. The Balaban J connectivity index is 1.73. The zero-order valence-corrected chi connectivity index (χ0v) is 20.8. The Bertz CT molecular complexity index is 1180. The topological polar surface area (TPSA) is 98.1 Å². The lowest BCUT2D eigenvalue weighted by Gasteiger charge is -2.28. The van der Waals surface area contributed by atoms with Gasteiger partial charge in [-0.1, -0.05) is 66.6 Å². The number of aryl methyl sites for hydroxylation is 1. The summed E-state index contributed by atoms with van der Waals surface area (Å²) in [6, 6.07) is 0.599. The van der Waals surface area contributed by atoms with Gasteiger partial charge >= 0.3 is 0 Å². The van der Waals surface area contributed by atoms with Gasteiger partial charge in [-0.15, -0.1) is 0 Å². The average Bonchev–Trinajstić information content (AvgIpc) is 3.54. The van der Waals surface area contributed by atoms with Crippen molar-refractivity contribution in [3.8, 4) is 0 Å². The maximum atomic E-state index is 13.3. The second-order valence-corrected chi connectivity index (χ2v) is 12.8. The molecule has 2 aromatic rings. The van der Waals surface area contributed by atoms with Crippen LogP contribution in [-0.2, 0) is 14.6 Å². The van der Waals surface area contributed by atoms with Gasteiger partial charge in [0.05, 0.1) is 16.3 Å². The highest BCUT2D eigenvalue weighted by Crippen LogP contribution is 2.37. The van der Waals surface area contributed by atoms with E-state index in [-0.39, 0.29) is 15.8 Å². The van der Waals surface area contributed by atoms with Crippen molar-refractivity contribution < 1.29 is 13.2 Å². The molecule has 0 spiro atoms. The van der Waals surface area contributed by atoms with Crippen molar-refractivity contribution in [3.63, 3.8) is 0 Å². The van der Waals surface area contributed by atoms with Crippen LogP contribution < -0.4 is 10.9 Å². The van der Waals surface area contributed by atoms with Gasteiger partial charge in [0, 0.05) is 5.69 Å². The summed E-state index contributed by atoms with van der Waals surface area (Å²) in [5, 5.41) is 2.28. The van der Waals surface area contributed by atoms with Gasteiger partial charge in [0.1, 0.15) is 15.4 Å². The zero-order chi connectivity index (χ0) is 23.0. The number of carbonyl (C=O) groups is 1. The number of halogens is 2. The SMILES string of the molecule is Cc1cc(S(=O)(=O)C2CC2)c(Cl)c(=O)n1[C@@H](CC1CCCCC1)C(=O)Nc1ncc(Cl)s1. The maximum Gasteiger partial charge on any atom is 0.271 e. The van der Waals surface area contributed by atoms with Crippen LogP contribution in [0.15, 0.2) is 22.0 Å². The Morgan fingerprint density at radius 2 is 1.94 bits per heavy atom. The van der Waals surface area contributed by atoms with Crippen molar-refractivity contribution in [2.24, 2.45) is 5.92 Å². The lowest BCUT2D eigenvalue weighted by molar-refractivity contribution is -0.120. The monoisotopic (exact) mass is 517 g/mol. The molecule has 0 aliphatic heterocycles. The van der Waals surface area contributed by atoms with Crippen LogP contribution in [0.1, 0.15) is 63.1 Å². The van der Waals surface area contributed by atoms with E-state index in [1.54, 1.807) is 6.92 Å². The first-order valence-corrected chi connectivity index (χ1v) is 13.9. The fourth-order valence-electron chi connectivity index (χ4n) is 4.42. The third-order valence-corrected chi connectivity index (χ3v) is 10.0. The molecular formula is C21H25Cl2N3O4S2. The van der Waals surface area contributed by atoms with Crippen molar-refractivity contribution in [2.45, 2.75) is 74.5 Å². The third-order valence-electron chi connectivity index (χ3n) is 6.22. The first-order chi connectivity index (χ1) is 15.2. The predicted octanol–water partition coefficient (Wildman–Crippen LogP) is 5.01. The smallest absolute Gasteiger partial charge is 0.271 e. The maximum absolute atomic E-state index is 13.3. The minimum Gasteiger partial charge on any atom is -0.300 e. The number of thiazole rings is 1. The molecule has 2 fully saturated rings. The molecule has 0 saturated heterocycles. The van der Waals surface area contributed by atoms with E-state index in [0.29, 0.717) is 40.3 Å². The number of amides is 1. The Kier molecular flexibility index (Phi) is 7.00. The van der Waals surface area contributed by atoms with Gasteiger partial charge in [-0.25, -0.2) is 13.4 Å². The number of hydrogen-bond acceptors (Lipinski definition) is 6. The van der Waals surface area contributed by atoms with Gasteiger partial charge in [0.25, 0.3) is 5.56 Å². The van der Waals surface area contributed by atoms with E-state index in [1.165, 1.54) is 23.3 Å². The lowest BCUT2D eigenvalue weighted by Crippen LogP contribution is -2.37. The van der Waals surface area contributed by atoms with E-state index in [0.717, 1.165) is 37.0 Å². The van der Waals surface area contributed by atoms with E-state index in [2.05, 4.69) is 10.3 Å². The highest BCUT2D eigenvalue weighted by atomic mass is 35.5. The van der Waals surface area contributed by atoms with E-state index in [4.69, 9.17) is 23.2 Å². The first kappa shape index (κ1) is 23.7. The van der Waals surface area contributed by atoms with Crippen molar-refractivity contribution in [1.29, 1.82) is 0 Å². The molecule has 7 nitrogen and oxygen atoms in total. The molecule has 0 bridgehead atoms. The van der Waals surface area contributed by atoms with Crippen LogP contribution in [-0.4, -0.2) is 29.1 Å². The molecule has 0 aromatic carbocycles. The van der Waals surface area contributed by atoms with E-state index in [1.807, 2.05) is 0 Å². The summed E-state index contributed by atoms with van der Waals surface area (Å²) in [5.74, 6) is -0.0972. The number of pyridine rings is 1. The second kappa shape index (κ2) is 9.44. The number of nitrogens with zero attached hydrogens (tertiary/aromatic N) is 2. The number of nitrogens with one attached hydrogen (secondary N) is 1. The van der Waals surface area contributed by atoms with Crippen LogP contribution >= 0.6 is 34.5 Å². The van der Waals surface area contributed by atoms with E-state index in [9.17, 15) is 18.0 Å². The molecule has 1 amide bonds. The van der Waals surface area contributed by atoms with Crippen LogP contribution in [0.25, 0.3) is 0 Å². The fourth-order valence-corrected chi connectivity index (χ4v) is 7.49. The number of anilines is 1. The molecule has 0 unspecified atom stereocenters. The average molecular weight is 518 g/mol. The van der Waals surface area contributed by atoms with Crippen LogP contribution in [0, 0.1) is 12.8 Å². The van der Waals surface area contributed by atoms with Gasteiger partial charge in [-0.05, 0) is 38.2 Å². The molecule has 1 atom stereocenters. The first-order valence-electron chi connectivity index (χ1n) is 10.8. The van der Waals surface area contributed by atoms with Crippen LogP contribution in [0.5, 0.6) is 0 Å². The molecule has 174 valence electrons. The summed E-state index contributed by atoms with van der Waals surface area (Å²) in [6.07, 6.45) is 8.39. The Morgan fingerprint density at radius 3 is 2.53 bits per heavy atom. The minimum absolute atomic E-state index is 0.135. The standard InChI is InChI=1S/C21H25Cl2N3O4S2/c1-12-9-16(32(29,30)14-7-8-14)18(23)20(28)26(12)15(10-13-5-3-2-4-6-13)19(27)25-21-24-11-17(22)31-21/h9,11,13-15H,2-8,10H2,1H3,(H,24,25,27)/t15-/m0/s1. The van der Waals surface area contributed by atoms with Gasteiger partial charge in [0.2, 0.25) is 5.91 Å². The summed E-state index contributed by atoms with van der Waals surface area (Å²) >= 11 is 13.4. The quantitative estimate of drug-likeness (QED) is 0.556. The van der Waals surface area contributed by atoms with Crippen LogP contribution in [0.3, 0.4) is 0 Å². The normalized spacial score (nSPS) is 18.5. The molecule has 2 heterocycles. The summed E-state index contributed by atoms with van der Waals surface area (Å²) in [5.41, 5.74) is -0.259. The fraction of sp³-hybridized carbons (Fsp3) is 0.571. The summed E-state index contributed by atoms with van der Waals surface area (Å²) in [6.45, 7) is 1.64. The molecular weight excluding hydrogens is 493 g/mol. The molecule has 2 aliphatic carbocycles. The van der Waals surface area contributed by atoms with Crippen LogP contribution in [0.4, 0.5) is 5.13 Å². The summed E-state index contributed by atoms with van der Waals surface area (Å²) in [4.78, 5) is 30.5. The van der Waals surface area contributed by atoms with Crippen molar-refractivity contribution in [1.82, 2.24) is 9.55 Å². The van der Waals surface area contributed by atoms with Crippen molar-refractivity contribution in [3.05, 3.63) is 37.7 Å².